The molecule has 0 aliphatic carbocycles. The number of anilines is 1. The number of benzene rings is 1. The zero-order chi connectivity index (χ0) is 14.5. The van der Waals surface area contributed by atoms with Crippen molar-refractivity contribution < 1.29 is 26.9 Å². The summed E-state index contributed by atoms with van der Waals surface area (Å²) < 4.78 is 57.0. The van der Waals surface area contributed by atoms with Crippen molar-refractivity contribution in [3.05, 3.63) is 18.2 Å². The molecule has 0 radical (unpaired) electrons. The van der Waals surface area contributed by atoms with Crippen molar-refractivity contribution >= 4 is 16.5 Å². The van der Waals surface area contributed by atoms with Crippen molar-refractivity contribution in [3.8, 4) is 5.75 Å². The van der Waals surface area contributed by atoms with E-state index in [-0.39, 0.29) is 10.6 Å². The van der Waals surface area contributed by atoms with Crippen LogP contribution in [-0.2, 0) is 15.5 Å². The van der Waals surface area contributed by atoms with E-state index in [4.69, 9.17) is 10.5 Å². The highest BCUT2D eigenvalue weighted by molar-refractivity contribution is 7.85. The smallest absolute Gasteiger partial charge is 0.411 e. The Bertz CT molecular complexity index is 451. The van der Waals surface area contributed by atoms with Gasteiger partial charge in [-0.25, -0.2) is 0 Å². The van der Waals surface area contributed by atoms with Crippen molar-refractivity contribution in [2.24, 2.45) is 0 Å². The first-order valence-corrected chi connectivity index (χ1v) is 6.70. The third-order valence-corrected chi connectivity index (χ3v) is 3.22. The minimum absolute atomic E-state index is 0.202. The summed E-state index contributed by atoms with van der Waals surface area (Å²) >= 11 is 0. The molecule has 4 nitrogen and oxygen atoms in total. The molecule has 0 aliphatic rings. The molecule has 0 fully saturated rings. The van der Waals surface area contributed by atoms with Crippen LogP contribution in [0.4, 0.5) is 18.9 Å². The first-order valence-electron chi connectivity index (χ1n) is 5.38. The second-order valence-electron chi connectivity index (χ2n) is 3.56. The maximum absolute atomic E-state index is 11.9. The zero-order valence-electron chi connectivity index (χ0n) is 10.2. The maximum Gasteiger partial charge on any atom is 0.411 e. The fourth-order valence-electron chi connectivity index (χ4n) is 1.26. The molecule has 1 aromatic carbocycles. The number of ether oxygens (including phenoxy) is 2. The summed E-state index contributed by atoms with van der Waals surface area (Å²) in [5.41, 5.74) is 5.84. The van der Waals surface area contributed by atoms with Gasteiger partial charge >= 0.3 is 6.18 Å². The van der Waals surface area contributed by atoms with Gasteiger partial charge in [0.25, 0.3) is 0 Å². The second-order valence-corrected chi connectivity index (χ2v) is 4.93. The molecule has 0 aromatic heterocycles. The van der Waals surface area contributed by atoms with Crippen molar-refractivity contribution in [2.75, 3.05) is 24.9 Å². The Labute approximate surface area is 111 Å². The van der Waals surface area contributed by atoms with Gasteiger partial charge in [0, 0.05) is 5.69 Å². The summed E-state index contributed by atoms with van der Waals surface area (Å²) in [6.45, 7) is 0.754. The first kappa shape index (κ1) is 15.8. The number of hydrogen-bond acceptors (Lipinski definition) is 4. The molecule has 1 unspecified atom stereocenters. The van der Waals surface area contributed by atoms with E-state index >= 15 is 0 Å². The molecule has 108 valence electrons. The predicted molar refractivity (Wildman–Crippen MR) is 65.3 cm³/mol. The van der Waals surface area contributed by atoms with Crippen LogP contribution in [0.5, 0.6) is 5.75 Å². The van der Waals surface area contributed by atoms with Gasteiger partial charge in [0.2, 0.25) is 0 Å². The van der Waals surface area contributed by atoms with Crippen LogP contribution in [0.15, 0.2) is 23.1 Å². The van der Waals surface area contributed by atoms with Gasteiger partial charge in [-0.15, -0.1) is 0 Å². The Hall–Kier alpha value is -1.28. The molecule has 1 aromatic rings. The van der Waals surface area contributed by atoms with E-state index in [0.29, 0.717) is 12.4 Å². The second kappa shape index (κ2) is 6.76. The highest BCUT2D eigenvalue weighted by atomic mass is 32.2. The van der Waals surface area contributed by atoms with Crippen molar-refractivity contribution in [2.45, 2.75) is 18.0 Å². The van der Waals surface area contributed by atoms with Gasteiger partial charge in [0.15, 0.2) is 0 Å². The number of halogens is 3. The van der Waals surface area contributed by atoms with Crippen LogP contribution >= 0.6 is 0 Å². The molecule has 0 saturated carbocycles. The van der Waals surface area contributed by atoms with Gasteiger partial charge in [-0.2, -0.15) is 13.2 Å². The summed E-state index contributed by atoms with van der Waals surface area (Å²) in [5, 5.41) is 0. The van der Waals surface area contributed by atoms with Gasteiger partial charge < -0.3 is 15.2 Å². The average Bonchev–Trinajstić information content (AvgIpc) is 2.30. The molecule has 1 atom stereocenters. The van der Waals surface area contributed by atoms with Gasteiger partial charge in [0.1, 0.15) is 18.3 Å². The van der Waals surface area contributed by atoms with Crippen LogP contribution in [-0.4, -0.2) is 29.5 Å². The van der Waals surface area contributed by atoms with Crippen molar-refractivity contribution in [3.63, 3.8) is 0 Å². The summed E-state index contributed by atoms with van der Waals surface area (Å²) in [4.78, 5) is 0.202. The summed E-state index contributed by atoms with van der Waals surface area (Å²) in [6.07, 6.45) is -4.44. The minimum atomic E-state index is -4.44. The molecule has 0 amide bonds. The molecule has 0 saturated heterocycles. The van der Waals surface area contributed by atoms with Crippen LogP contribution in [0.1, 0.15) is 6.92 Å². The third kappa shape index (κ3) is 5.48. The summed E-state index contributed by atoms with van der Waals surface area (Å²) in [6, 6.07) is 4.52. The van der Waals surface area contributed by atoms with Crippen LogP contribution < -0.4 is 10.5 Å². The van der Waals surface area contributed by atoms with Crippen LogP contribution in [0.2, 0.25) is 0 Å². The summed E-state index contributed by atoms with van der Waals surface area (Å²) in [5.74, 6) is -0.116. The molecular formula is C11H14F3NO3S. The molecule has 8 heteroatoms. The van der Waals surface area contributed by atoms with E-state index in [9.17, 15) is 17.4 Å². The quantitative estimate of drug-likeness (QED) is 0.819. The molecule has 0 aliphatic heterocycles. The van der Waals surface area contributed by atoms with E-state index in [0.717, 1.165) is 0 Å². The molecule has 0 spiro atoms. The molecule has 2 N–H and O–H groups in total. The lowest BCUT2D eigenvalue weighted by Gasteiger charge is -2.10. The predicted octanol–water partition coefficient (Wildman–Crippen LogP) is 2.31. The SMILES string of the molecule is CCOc1ccc(N)c(S(=O)COCC(F)(F)F)c1. The Morgan fingerprint density at radius 1 is 1.37 bits per heavy atom. The van der Waals surface area contributed by atoms with E-state index < -0.39 is 29.5 Å². The monoisotopic (exact) mass is 297 g/mol. The Morgan fingerprint density at radius 2 is 2.05 bits per heavy atom. The number of rotatable bonds is 6. The fraction of sp³-hybridized carbons (Fsp3) is 0.455. The minimum Gasteiger partial charge on any atom is -0.494 e. The molecule has 1 rings (SSSR count). The molecule has 0 bridgehead atoms. The lowest BCUT2D eigenvalue weighted by atomic mass is 10.3. The number of alkyl halides is 3. The standard InChI is InChI=1S/C11H14F3NO3S/c1-2-18-8-3-4-9(15)10(5-8)19(16)7-17-6-11(12,13)14/h3-5H,2,6-7,15H2,1H3. The average molecular weight is 297 g/mol. The maximum atomic E-state index is 11.9. The summed E-state index contributed by atoms with van der Waals surface area (Å²) in [7, 11) is -1.77. The van der Waals surface area contributed by atoms with Crippen LogP contribution in [0.25, 0.3) is 0 Å². The Balaban J connectivity index is 2.68. The lowest BCUT2D eigenvalue weighted by Crippen LogP contribution is -2.19. The largest absolute Gasteiger partial charge is 0.494 e. The molecular weight excluding hydrogens is 283 g/mol. The van der Waals surface area contributed by atoms with E-state index in [1.165, 1.54) is 12.1 Å². The first-order chi connectivity index (χ1) is 8.83. The van der Waals surface area contributed by atoms with Gasteiger partial charge in [-0.3, -0.25) is 4.21 Å². The van der Waals surface area contributed by atoms with Crippen molar-refractivity contribution in [1.29, 1.82) is 0 Å². The number of hydrogen-bond donors (Lipinski definition) is 1. The third-order valence-electron chi connectivity index (χ3n) is 2.00. The zero-order valence-corrected chi connectivity index (χ0v) is 11.0. The normalized spacial score (nSPS) is 13.3. The highest BCUT2D eigenvalue weighted by Gasteiger charge is 2.27. The molecule has 19 heavy (non-hydrogen) atoms. The Morgan fingerprint density at radius 3 is 2.63 bits per heavy atom. The topological polar surface area (TPSA) is 61.5 Å². The molecule has 0 heterocycles. The number of nitrogen functional groups attached to an aromatic ring is 1. The van der Waals surface area contributed by atoms with E-state index in [1.54, 1.807) is 13.0 Å². The van der Waals surface area contributed by atoms with E-state index in [1.807, 2.05) is 0 Å². The lowest BCUT2D eigenvalue weighted by molar-refractivity contribution is -0.169. The Kier molecular flexibility index (Phi) is 5.61. The number of nitrogens with two attached hydrogens (primary N) is 1. The fourth-order valence-corrected chi connectivity index (χ4v) is 2.21. The van der Waals surface area contributed by atoms with Crippen molar-refractivity contribution in [1.82, 2.24) is 0 Å². The van der Waals surface area contributed by atoms with Gasteiger partial charge in [0.05, 0.1) is 22.3 Å². The van der Waals surface area contributed by atoms with Crippen LogP contribution in [0, 0.1) is 0 Å². The van der Waals surface area contributed by atoms with Gasteiger partial charge in [-0.1, -0.05) is 0 Å². The highest BCUT2D eigenvalue weighted by Crippen LogP contribution is 2.23. The van der Waals surface area contributed by atoms with E-state index in [2.05, 4.69) is 4.74 Å². The van der Waals surface area contributed by atoms with Gasteiger partial charge in [-0.05, 0) is 25.1 Å². The van der Waals surface area contributed by atoms with Crippen LogP contribution in [0.3, 0.4) is 0 Å².